The second-order valence-electron chi connectivity index (χ2n) is 8.75. The molecule has 3 aromatic carbocycles. The number of anilines is 1. The number of hydrogen-bond acceptors (Lipinski definition) is 5. The van der Waals surface area contributed by atoms with E-state index in [2.05, 4.69) is 5.32 Å². The maximum absolute atomic E-state index is 13.8. The van der Waals surface area contributed by atoms with Crippen molar-refractivity contribution in [3.8, 4) is 0 Å². The summed E-state index contributed by atoms with van der Waals surface area (Å²) < 4.78 is 25.9. The Morgan fingerprint density at radius 1 is 0.848 bits per heavy atom. The smallest absolute Gasteiger partial charge is 0.266 e. The van der Waals surface area contributed by atoms with Crippen molar-refractivity contribution in [1.82, 2.24) is 0 Å². The van der Waals surface area contributed by atoms with Crippen molar-refractivity contribution in [2.75, 3.05) is 5.32 Å². The number of ether oxygens (including phenoxy) is 2. The van der Waals surface area contributed by atoms with Crippen LogP contribution in [-0.4, -0.2) is 27.5 Å². The number of rotatable bonds is 5. The average molecular weight is 449 g/mol. The highest BCUT2D eigenvalue weighted by atomic mass is 19.1. The number of halogens is 1. The molecule has 1 amide bonds. The molecule has 0 radical (unpaired) electrons. The predicted octanol–water partition coefficient (Wildman–Crippen LogP) is 3.65. The molecule has 7 heteroatoms. The summed E-state index contributed by atoms with van der Waals surface area (Å²) in [7, 11) is 0. The van der Waals surface area contributed by atoms with Gasteiger partial charge >= 0.3 is 0 Å². The van der Waals surface area contributed by atoms with E-state index in [9.17, 15) is 19.4 Å². The molecule has 6 nitrogen and oxygen atoms in total. The number of amides is 1. The minimum Gasteiger partial charge on any atom is -0.362 e. The molecule has 2 aliphatic heterocycles. The number of para-hydroxylation sites is 1. The molecule has 33 heavy (non-hydrogen) atoms. The van der Waals surface area contributed by atoms with Crippen molar-refractivity contribution in [1.29, 1.82) is 0 Å². The lowest BCUT2D eigenvalue weighted by Crippen LogP contribution is -2.56. The van der Waals surface area contributed by atoms with E-state index in [0.29, 0.717) is 11.3 Å². The van der Waals surface area contributed by atoms with Gasteiger partial charge in [0.15, 0.2) is 5.60 Å². The largest absolute Gasteiger partial charge is 0.362 e. The molecular weight excluding hydrogens is 425 g/mol. The van der Waals surface area contributed by atoms with Crippen molar-refractivity contribution in [3.05, 3.63) is 102 Å². The van der Waals surface area contributed by atoms with Crippen molar-refractivity contribution in [2.45, 2.75) is 36.6 Å². The van der Waals surface area contributed by atoms with E-state index in [1.54, 1.807) is 68.4 Å². The molecule has 0 aliphatic carbocycles. The highest BCUT2D eigenvalue weighted by Gasteiger charge is 2.97. The molecule has 0 saturated carbocycles. The third-order valence-electron chi connectivity index (χ3n) is 6.60. The summed E-state index contributed by atoms with van der Waals surface area (Å²) >= 11 is 0. The van der Waals surface area contributed by atoms with Crippen LogP contribution >= 0.6 is 0 Å². The fourth-order valence-corrected chi connectivity index (χ4v) is 4.91. The summed E-state index contributed by atoms with van der Waals surface area (Å²) in [4.78, 5) is 13.8. The maximum Gasteiger partial charge on any atom is 0.266 e. The number of fused-ring (bicyclic) bond motifs is 1. The fraction of sp³-hybridized carbons (Fsp3) is 0.269. The Morgan fingerprint density at radius 2 is 1.42 bits per heavy atom. The first-order chi connectivity index (χ1) is 15.7. The number of carbonyl (C=O) groups is 1. The number of nitrogens with one attached hydrogen (secondary N) is 1. The van der Waals surface area contributed by atoms with E-state index in [0.717, 1.165) is 0 Å². The van der Waals surface area contributed by atoms with Crippen LogP contribution in [0.1, 0.15) is 25.0 Å². The van der Waals surface area contributed by atoms with Gasteiger partial charge in [-0.15, -0.1) is 0 Å². The number of carbonyl (C=O) groups excluding carboxylic acids is 1. The zero-order chi connectivity index (χ0) is 23.5. The molecule has 0 bridgehead atoms. The number of aliphatic hydroxyl groups is 2. The van der Waals surface area contributed by atoms with Gasteiger partial charge in [0, 0.05) is 17.2 Å². The minimum absolute atomic E-state index is 0.152. The highest BCUT2D eigenvalue weighted by molar-refractivity contribution is 6.02. The van der Waals surface area contributed by atoms with E-state index >= 15 is 0 Å². The number of benzene rings is 3. The van der Waals surface area contributed by atoms with Gasteiger partial charge in [-0.05, 0) is 29.8 Å². The Labute approximate surface area is 190 Å². The molecule has 3 N–H and O–H groups in total. The average Bonchev–Trinajstić information content (AvgIpc) is 3.50. The van der Waals surface area contributed by atoms with Crippen LogP contribution in [0, 0.1) is 11.7 Å². The van der Waals surface area contributed by atoms with Crippen LogP contribution in [0.3, 0.4) is 0 Å². The van der Waals surface area contributed by atoms with E-state index in [1.807, 2.05) is 6.07 Å². The maximum atomic E-state index is 13.8. The molecule has 0 spiro atoms. The van der Waals surface area contributed by atoms with Gasteiger partial charge in [-0.3, -0.25) is 4.79 Å². The molecule has 170 valence electrons. The van der Waals surface area contributed by atoms with Gasteiger partial charge in [0.2, 0.25) is 17.2 Å². The van der Waals surface area contributed by atoms with Gasteiger partial charge < -0.3 is 25.0 Å². The summed E-state index contributed by atoms with van der Waals surface area (Å²) in [6.07, 6.45) is 0. The lowest BCUT2D eigenvalue weighted by Gasteiger charge is -2.37. The summed E-state index contributed by atoms with van der Waals surface area (Å²) in [5.41, 5.74) is -2.67. The summed E-state index contributed by atoms with van der Waals surface area (Å²) in [5, 5.41) is 26.6. The van der Waals surface area contributed by atoms with Gasteiger partial charge in [0.25, 0.3) is 5.91 Å². The normalized spacial score (nSPS) is 32.4. The van der Waals surface area contributed by atoms with Gasteiger partial charge in [-0.25, -0.2) is 4.39 Å². The van der Waals surface area contributed by atoms with Crippen LogP contribution in [0.5, 0.6) is 0 Å². The van der Waals surface area contributed by atoms with E-state index in [-0.39, 0.29) is 5.56 Å². The van der Waals surface area contributed by atoms with Crippen LogP contribution in [0.25, 0.3) is 0 Å². The monoisotopic (exact) mass is 449 g/mol. The Bertz CT molecular complexity index is 1190. The summed E-state index contributed by atoms with van der Waals surface area (Å²) in [6.45, 7) is 3.34. The van der Waals surface area contributed by atoms with Crippen LogP contribution in [0.4, 0.5) is 10.1 Å². The molecular formula is C26H24FNO5. The third kappa shape index (κ3) is 2.71. The molecule has 2 heterocycles. The fourth-order valence-electron chi connectivity index (χ4n) is 4.91. The lowest BCUT2D eigenvalue weighted by atomic mass is 9.74. The van der Waals surface area contributed by atoms with Crippen LogP contribution < -0.4 is 5.32 Å². The van der Waals surface area contributed by atoms with E-state index < -0.39 is 40.4 Å². The summed E-state index contributed by atoms with van der Waals surface area (Å²) in [5.74, 6) is -6.30. The first-order valence-corrected chi connectivity index (χ1v) is 10.7. The molecule has 4 atom stereocenters. The Balaban J connectivity index is 1.73. The minimum atomic E-state index is -2.28. The second kappa shape index (κ2) is 7.20. The SMILES string of the molecule is CC(C)[C@]1(O)O[C@@](O)(c2ccc(F)cc2)[C@]2(c3ccccc3)O[C@@]21C(=O)Nc1ccccc1. The van der Waals surface area contributed by atoms with Crippen molar-refractivity contribution in [2.24, 2.45) is 5.92 Å². The van der Waals surface area contributed by atoms with Gasteiger partial charge in [0.05, 0.1) is 0 Å². The summed E-state index contributed by atoms with van der Waals surface area (Å²) in [6, 6.07) is 22.5. The molecule has 2 saturated heterocycles. The lowest BCUT2D eigenvalue weighted by molar-refractivity contribution is -0.366. The molecule has 0 aromatic heterocycles. The first kappa shape index (κ1) is 21.7. The topological polar surface area (TPSA) is 91.3 Å². The highest BCUT2D eigenvalue weighted by Crippen LogP contribution is 2.76. The molecule has 2 aliphatic rings. The number of hydrogen-bond donors (Lipinski definition) is 3. The molecule has 0 unspecified atom stereocenters. The zero-order valence-corrected chi connectivity index (χ0v) is 18.2. The number of epoxide rings is 1. The van der Waals surface area contributed by atoms with Crippen LogP contribution in [0.15, 0.2) is 84.9 Å². The second-order valence-corrected chi connectivity index (χ2v) is 8.75. The molecule has 5 rings (SSSR count). The van der Waals surface area contributed by atoms with Gasteiger partial charge in [-0.1, -0.05) is 74.5 Å². The zero-order valence-electron chi connectivity index (χ0n) is 18.2. The van der Waals surface area contributed by atoms with Gasteiger partial charge in [0.1, 0.15) is 5.82 Å². The van der Waals surface area contributed by atoms with E-state index in [4.69, 9.17) is 9.47 Å². The standard InChI is InChI=1S/C26H24FNO5/c1-17(2)25(30)24(22(29)28-21-11-7-4-8-12-21)23(32-24,18-9-5-3-6-10-18)26(31,33-25)19-13-15-20(27)16-14-19/h3-17,30-31H,1-2H3,(H,28,29)/t23-,24+,25+,26+/m1/s1. The third-order valence-corrected chi connectivity index (χ3v) is 6.60. The quantitative estimate of drug-likeness (QED) is 0.518. The molecule has 2 fully saturated rings. The van der Waals surface area contributed by atoms with Crippen molar-refractivity contribution in [3.63, 3.8) is 0 Å². The van der Waals surface area contributed by atoms with Crippen molar-refractivity contribution >= 4 is 11.6 Å². The van der Waals surface area contributed by atoms with Crippen LogP contribution in [-0.2, 0) is 25.7 Å². The first-order valence-electron chi connectivity index (χ1n) is 10.7. The predicted molar refractivity (Wildman–Crippen MR) is 118 cm³/mol. The van der Waals surface area contributed by atoms with Crippen molar-refractivity contribution < 1.29 is 28.9 Å². The molecule has 3 aromatic rings. The van der Waals surface area contributed by atoms with Gasteiger partial charge in [-0.2, -0.15) is 0 Å². The Kier molecular flexibility index (Phi) is 4.74. The van der Waals surface area contributed by atoms with Crippen LogP contribution in [0.2, 0.25) is 0 Å². The Hall–Kier alpha value is -3.10. The van der Waals surface area contributed by atoms with E-state index in [1.165, 1.54) is 24.3 Å². The Morgan fingerprint density at radius 3 is 2.00 bits per heavy atom.